The molecule has 0 unspecified atom stereocenters. The van der Waals surface area contributed by atoms with Crippen molar-refractivity contribution < 1.29 is 14.3 Å². The first kappa shape index (κ1) is 20.9. The van der Waals surface area contributed by atoms with E-state index < -0.39 is 11.8 Å². The number of nitrogens with zero attached hydrogens (tertiary/aromatic N) is 1. The van der Waals surface area contributed by atoms with E-state index in [-0.39, 0.29) is 6.54 Å². The van der Waals surface area contributed by atoms with Gasteiger partial charge in [-0.15, -0.1) is 0 Å². The Morgan fingerprint density at radius 1 is 1.07 bits per heavy atom. The van der Waals surface area contributed by atoms with Crippen molar-refractivity contribution >= 4 is 18.0 Å². The molecule has 0 aliphatic heterocycles. The number of hydrazone groups is 1. The molecule has 2 aromatic rings. The number of nitrogens with one attached hydrogen (secondary N) is 2. The molecule has 6 nitrogen and oxygen atoms in total. The first-order valence-electron chi connectivity index (χ1n) is 9.03. The molecule has 0 spiro atoms. The van der Waals surface area contributed by atoms with Crippen molar-refractivity contribution in [3.8, 4) is 5.75 Å². The van der Waals surface area contributed by atoms with E-state index in [2.05, 4.69) is 36.3 Å². The Morgan fingerprint density at radius 2 is 1.75 bits per heavy atom. The van der Waals surface area contributed by atoms with Gasteiger partial charge in [-0.05, 0) is 46.9 Å². The molecule has 0 atom stereocenters. The molecule has 0 bridgehead atoms. The SMILES string of the molecule is C=CCOc1ccc(/C=N\NC(=O)C(=O)NCc2ccc(C(C)C)cc2)cc1. The zero-order valence-corrected chi connectivity index (χ0v) is 16.1. The molecule has 2 amide bonds. The van der Waals surface area contributed by atoms with Crippen LogP contribution in [-0.2, 0) is 16.1 Å². The van der Waals surface area contributed by atoms with E-state index in [0.29, 0.717) is 18.3 Å². The first-order valence-corrected chi connectivity index (χ1v) is 9.03. The molecule has 0 aliphatic carbocycles. The van der Waals surface area contributed by atoms with Gasteiger partial charge >= 0.3 is 11.8 Å². The van der Waals surface area contributed by atoms with Gasteiger partial charge in [0, 0.05) is 6.54 Å². The molecule has 2 N–H and O–H groups in total. The van der Waals surface area contributed by atoms with E-state index >= 15 is 0 Å². The molecule has 2 rings (SSSR count). The molecule has 0 aromatic heterocycles. The number of amides is 2. The Balaban J connectivity index is 1.77. The van der Waals surface area contributed by atoms with Crippen LogP contribution >= 0.6 is 0 Å². The fourth-order valence-corrected chi connectivity index (χ4v) is 2.30. The Hall–Kier alpha value is -3.41. The van der Waals surface area contributed by atoms with E-state index in [9.17, 15) is 9.59 Å². The molecule has 6 heteroatoms. The van der Waals surface area contributed by atoms with Gasteiger partial charge in [-0.3, -0.25) is 9.59 Å². The molecule has 0 saturated carbocycles. The minimum atomic E-state index is -0.819. The van der Waals surface area contributed by atoms with E-state index in [4.69, 9.17) is 4.74 Å². The van der Waals surface area contributed by atoms with Crippen LogP contribution in [-0.4, -0.2) is 24.6 Å². The first-order chi connectivity index (χ1) is 13.5. The van der Waals surface area contributed by atoms with Gasteiger partial charge in [-0.25, -0.2) is 5.43 Å². The van der Waals surface area contributed by atoms with Crippen molar-refractivity contribution in [1.82, 2.24) is 10.7 Å². The molecule has 2 aromatic carbocycles. The zero-order chi connectivity index (χ0) is 20.4. The van der Waals surface area contributed by atoms with Crippen molar-refractivity contribution in [3.05, 3.63) is 77.9 Å². The Bertz CT molecular complexity index is 825. The summed E-state index contributed by atoms with van der Waals surface area (Å²) in [5.74, 6) is -0.399. The van der Waals surface area contributed by atoms with Crippen LogP contribution in [0.4, 0.5) is 0 Å². The maximum absolute atomic E-state index is 11.9. The van der Waals surface area contributed by atoms with Crippen LogP contribution in [0.15, 0.2) is 66.3 Å². The van der Waals surface area contributed by atoms with Gasteiger partial charge in [0.1, 0.15) is 12.4 Å². The molecular weight excluding hydrogens is 354 g/mol. The fraction of sp³-hybridized carbons (Fsp3) is 0.227. The highest BCUT2D eigenvalue weighted by Crippen LogP contribution is 2.14. The predicted octanol–water partition coefficient (Wildman–Crippen LogP) is 3.14. The van der Waals surface area contributed by atoms with Crippen molar-refractivity contribution in [1.29, 1.82) is 0 Å². The van der Waals surface area contributed by atoms with E-state index in [1.807, 2.05) is 24.3 Å². The third kappa shape index (κ3) is 6.72. The highest BCUT2D eigenvalue weighted by atomic mass is 16.5. The summed E-state index contributed by atoms with van der Waals surface area (Å²) in [6, 6.07) is 15.1. The lowest BCUT2D eigenvalue weighted by molar-refractivity contribution is -0.139. The number of carbonyl (C=O) groups is 2. The molecule has 0 radical (unpaired) electrons. The molecule has 0 fully saturated rings. The Morgan fingerprint density at radius 3 is 2.36 bits per heavy atom. The van der Waals surface area contributed by atoms with E-state index in [0.717, 1.165) is 11.1 Å². The lowest BCUT2D eigenvalue weighted by Gasteiger charge is -2.07. The van der Waals surface area contributed by atoms with Crippen molar-refractivity contribution in [3.63, 3.8) is 0 Å². The average molecular weight is 379 g/mol. The number of hydrogen-bond donors (Lipinski definition) is 2. The molecule has 0 saturated heterocycles. The molecule has 0 aliphatic rings. The van der Waals surface area contributed by atoms with Crippen molar-refractivity contribution in [2.24, 2.45) is 5.10 Å². The van der Waals surface area contributed by atoms with Gasteiger partial charge in [0.2, 0.25) is 0 Å². The van der Waals surface area contributed by atoms with Gasteiger partial charge in [0.15, 0.2) is 0 Å². The third-order valence-electron chi connectivity index (χ3n) is 3.93. The summed E-state index contributed by atoms with van der Waals surface area (Å²) in [5.41, 5.74) is 5.12. The molecule has 146 valence electrons. The predicted molar refractivity (Wildman–Crippen MR) is 110 cm³/mol. The largest absolute Gasteiger partial charge is 0.490 e. The summed E-state index contributed by atoms with van der Waals surface area (Å²) >= 11 is 0. The second-order valence-electron chi connectivity index (χ2n) is 6.45. The maximum atomic E-state index is 11.9. The molecule has 28 heavy (non-hydrogen) atoms. The minimum Gasteiger partial charge on any atom is -0.490 e. The molecular formula is C22H25N3O3. The van der Waals surface area contributed by atoms with Crippen LogP contribution in [0.2, 0.25) is 0 Å². The summed E-state index contributed by atoms with van der Waals surface area (Å²) in [6.07, 6.45) is 3.11. The zero-order valence-electron chi connectivity index (χ0n) is 16.1. The standard InChI is InChI=1S/C22H25N3O3/c1-4-13-28-20-11-7-18(8-12-20)15-24-25-22(27)21(26)23-14-17-5-9-19(10-6-17)16(2)3/h4-12,15-16H,1,13-14H2,2-3H3,(H,23,26)(H,25,27)/b24-15-. The van der Waals surface area contributed by atoms with Crippen LogP contribution < -0.4 is 15.5 Å². The number of carbonyl (C=O) groups excluding carboxylic acids is 2. The van der Waals surface area contributed by atoms with Crippen LogP contribution in [0, 0.1) is 0 Å². The van der Waals surface area contributed by atoms with Crippen LogP contribution in [0.5, 0.6) is 5.75 Å². The Labute approximate surface area is 165 Å². The van der Waals surface area contributed by atoms with E-state index in [1.54, 1.807) is 30.3 Å². The monoisotopic (exact) mass is 379 g/mol. The second-order valence-corrected chi connectivity index (χ2v) is 6.45. The summed E-state index contributed by atoms with van der Waals surface area (Å²) in [4.78, 5) is 23.7. The fourth-order valence-electron chi connectivity index (χ4n) is 2.30. The van der Waals surface area contributed by atoms with Gasteiger partial charge in [0.25, 0.3) is 0 Å². The normalized spacial score (nSPS) is 10.7. The van der Waals surface area contributed by atoms with Crippen LogP contribution in [0.1, 0.15) is 36.5 Å². The second kappa shape index (κ2) is 10.7. The highest BCUT2D eigenvalue weighted by molar-refractivity contribution is 6.35. The van der Waals surface area contributed by atoms with Gasteiger partial charge in [-0.1, -0.05) is 50.8 Å². The summed E-state index contributed by atoms with van der Waals surface area (Å²) in [6.45, 7) is 8.53. The summed E-state index contributed by atoms with van der Waals surface area (Å²) < 4.78 is 5.38. The van der Waals surface area contributed by atoms with Crippen molar-refractivity contribution in [2.75, 3.05) is 6.61 Å². The van der Waals surface area contributed by atoms with Gasteiger partial charge in [0.05, 0.1) is 6.21 Å². The van der Waals surface area contributed by atoms with E-state index in [1.165, 1.54) is 11.8 Å². The summed E-state index contributed by atoms with van der Waals surface area (Å²) in [5, 5.41) is 6.37. The number of benzene rings is 2. The smallest absolute Gasteiger partial charge is 0.329 e. The number of hydrogen-bond acceptors (Lipinski definition) is 4. The number of rotatable bonds is 8. The quantitative estimate of drug-likeness (QED) is 0.320. The maximum Gasteiger partial charge on any atom is 0.329 e. The van der Waals surface area contributed by atoms with Gasteiger partial charge in [-0.2, -0.15) is 5.10 Å². The highest BCUT2D eigenvalue weighted by Gasteiger charge is 2.12. The van der Waals surface area contributed by atoms with Crippen LogP contribution in [0.3, 0.4) is 0 Å². The lowest BCUT2D eigenvalue weighted by atomic mass is 10.0. The van der Waals surface area contributed by atoms with Crippen molar-refractivity contribution in [2.45, 2.75) is 26.3 Å². The average Bonchev–Trinajstić information content (AvgIpc) is 2.71. The lowest BCUT2D eigenvalue weighted by Crippen LogP contribution is -2.37. The third-order valence-corrected chi connectivity index (χ3v) is 3.93. The van der Waals surface area contributed by atoms with Gasteiger partial charge < -0.3 is 10.1 Å². The minimum absolute atomic E-state index is 0.278. The number of ether oxygens (including phenoxy) is 1. The topological polar surface area (TPSA) is 79.8 Å². The Kier molecular flexibility index (Phi) is 7.96. The summed E-state index contributed by atoms with van der Waals surface area (Å²) in [7, 11) is 0. The van der Waals surface area contributed by atoms with Crippen LogP contribution in [0.25, 0.3) is 0 Å². The molecule has 0 heterocycles.